The van der Waals surface area contributed by atoms with Crippen LogP contribution in [0.3, 0.4) is 0 Å². The van der Waals surface area contributed by atoms with E-state index in [0.29, 0.717) is 25.2 Å². The Morgan fingerprint density at radius 3 is 3.00 bits per heavy atom. The van der Waals surface area contributed by atoms with Crippen molar-refractivity contribution < 1.29 is 10.0 Å². The maximum absolute atomic E-state index is 11.8. The minimum Gasteiger partial charge on any atom is -0.409 e. The van der Waals surface area contributed by atoms with Crippen molar-refractivity contribution in [2.45, 2.75) is 26.8 Å². The number of amides is 1. The SMILES string of the molecule is CCn1nc(C)cc1C(=O)NCCC(N)=NO. The highest BCUT2D eigenvalue weighted by Crippen LogP contribution is 2.03. The maximum Gasteiger partial charge on any atom is 0.269 e. The molecule has 7 nitrogen and oxygen atoms in total. The molecule has 4 N–H and O–H groups in total. The van der Waals surface area contributed by atoms with E-state index in [2.05, 4.69) is 15.6 Å². The van der Waals surface area contributed by atoms with Gasteiger partial charge in [-0.1, -0.05) is 5.16 Å². The molecule has 0 saturated carbocycles. The second-order valence-corrected chi connectivity index (χ2v) is 3.58. The fourth-order valence-electron chi connectivity index (χ4n) is 1.41. The molecule has 1 rings (SSSR count). The van der Waals surface area contributed by atoms with Gasteiger partial charge in [0.05, 0.1) is 5.69 Å². The summed E-state index contributed by atoms with van der Waals surface area (Å²) in [6, 6.07) is 1.72. The molecule has 0 fully saturated rings. The number of carbonyl (C=O) groups excluding carboxylic acids is 1. The van der Waals surface area contributed by atoms with Crippen molar-refractivity contribution in [3.05, 3.63) is 17.5 Å². The van der Waals surface area contributed by atoms with Crippen LogP contribution in [0, 0.1) is 6.92 Å². The number of oxime groups is 1. The maximum atomic E-state index is 11.8. The molecule has 0 aliphatic heterocycles. The Balaban J connectivity index is 2.58. The first-order valence-electron chi connectivity index (χ1n) is 5.37. The highest BCUT2D eigenvalue weighted by Gasteiger charge is 2.12. The molecule has 17 heavy (non-hydrogen) atoms. The number of hydrogen-bond acceptors (Lipinski definition) is 4. The van der Waals surface area contributed by atoms with Crippen molar-refractivity contribution in [2.24, 2.45) is 10.9 Å². The Morgan fingerprint density at radius 1 is 1.71 bits per heavy atom. The van der Waals surface area contributed by atoms with Crippen LogP contribution in [0.5, 0.6) is 0 Å². The number of hydrogen-bond donors (Lipinski definition) is 3. The zero-order chi connectivity index (χ0) is 12.8. The van der Waals surface area contributed by atoms with Crippen molar-refractivity contribution in [3.63, 3.8) is 0 Å². The summed E-state index contributed by atoms with van der Waals surface area (Å²) >= 11 is 0. The number of rotatable bonds is 5. The predicted octanol–water partition coefficient (Wildman–Crippen LogP) is 0.0777. The Hall–Kier alpha value is -2.05. The minimum atomic E-state index is -0.210. The monoisotopic (exact) mass is 239 g/mol. The molecule has 0 unspecified atom stereocenters. The molecule has 0 spiro atoms. The Bertz CT molecular complexity index is 424. The van der Waals surface area contributed by atoms with Crippen molar-refractivity contribution in [1.82, 2.24) is 15.1 Å². The van der Waals surface area contributed by atoms with Gasteiger partial charge in [0.2, 0.25) is 0 Å². The summed E-state index contributed by atoms with van der Waals surface area (Å²) in [6.07, 6.45) is 0.307. The average Bonchev–Trinajstić information content (AvgIpc) is 2.70. The first-order chi connectivity index (χ1) is 8.08. The van der Waals surface area contributed by atoms with Gasteiger partial charge in [-0.15, -0.1) is 0 Å². The molecule has 1 aromatic rings. The molecule has 1 amide bonds. The summed E-state index contributed by atoms with van der Waals surface area (Å²) in [7, 11) is 0. The first-order valence-corrected chi connectivity index (χ1v) is 5.37. The Kier molecular flexibility index (Phi) is 4.50. The quantitative estimate of drug-likeness (QED) is 0.293. The van der Waals surface area contributed by atoms with Crippen molar-refractivity contribution in [3.8, 4) is 0 Å². The third kappa shape index (κ3) is 3.47. The van der Waals surface area contributed by atoms with Gasteiger partial charge in [-0.2, -0.15) is 5.10 Å². The number of aromatic nitrogens is 2. The van der Waals surface area contributed by atoms with E-state index in [4.69, 9.17) is 10.9 Å². The topological polar surface area (TPSA) is 106 Å². The van der Waals surface area contributed by atoms with Crippen molar-refractivity contribution >= 4 is 11.7 Å². The van der Waals surface area contributed by atoms with E-state index in [1.54, 1.807) is 10.7 Å². The lowest BCUT2D eigenvalue weighted by Crippen LogP contribution is -2.29. The molecular weight excluding hydrogens is 222 g/mol. The third-order valence-electron chi connectivity index (χ3n) is 2.23. The predicted molar refractivity (Wildman–Crippen MR) is 63.0 cm³/mol. The van der Waals surface area contributed by atoms with E-state index < -0.39 is 0 Å². The van der Waals surface area contributed by atoms with E-state index >= 15 is 0 Å². The molecule has 94 valence electrons. The number of aryl methyl sites for hydroxylation is 2. The van der Waals surface area contributed by atoms with E-state index in [-0.39, 0.29) is 11.7 Å². The summed E-state index contributed by atoms with van der Waals surface area (Å²) in [5.41, 5.74) is 6.61. The van der Waals surface area contributed by atoms with Gasteiger partial charge in [-0.25, -0.2) is 0 Å². The van der Waals surface area contributed by atoms with Crippen molar-refractivity contribution in [2.75, 3.05) is 6.54 Å². The summed E-state index contributed by atoms with van der Waals surface area (Å²) in [5, 5.41) is 18.0. The van der Waals surface area contributed by atoms with Crippen LogP contribution in [0.4, 0.5) is 0 Å². The van der Waals surface area contributed by atoms with Crippen molar-refractivity contribution in [1.29, 1.82) is 0 Å². The molecule has 0 bridgehead atoms. The Labute approximate surface area is 99.3 Å². The molecule has 0 aliphatic rings. The fraction of sp³-hybridized carbons (Fsp3) is 0.500. The lowest BCUT2D eigenvalue weighted by molar-refractivity contribution is 0.0944. The highest BCUT2D eigenvalue weighted by molar-refractivity contribution is 5.93. The first kappa shape index (κ1) is 13.0. The standard InChI is InChI=1S/C10H17N5O2/c1-3-15-8(6-7(2)13-15)10(16)12-5-4-9(11)14-17/h6,17H,3-5H2,1-2H3,(H2,11,14)(H,12,16). The minimum absolute atomic E-state index is 0.0884. The molecule has 1 heterocycles. The average molecular weight is 239 g/mol. The summed E-state index contributed by atoms with van der Waals surface area (Å²) < 4.78 is 1.63. The van der Waals surface area contributed by atoms with Crippen LogP contribution in [0.2, 0.25) is 0 Å². The van der Waals surface area contributed by atoms with Crippen LogP contribution in [-0.4, -0.2) is 33.3 Å². The van der Waals surface area contributed by atoms with E-state index in [9.17, 15) is 4.79 Å². The van der Waals surface area contributed by atoms with Gasteiger partial charge < -0.3 is 16.3 Å². The van der Waals surface area contributed by atoms with E-state index in [1.165, 1.54) is 0 Å². The normalized spacial score (nSPS) is 11.5. The zero-order valence-corrected chi connectivity index (χ0v) is 9.97. The van der Waals surface area contributed by atoms with Gasteiger partial charge in [0.1, 0.15) is 11.5 Å². The molecule has 0 aliphatic carbocycles. The summed E-state index contributed by atoms with van der Waals surface area (Å²) in [6.45, 7) is 4.71. The van der Waals surface area contributed by atoms with Crippen LogP contribution in [-0.2, 0) is 6.54 Å². The highest BCUT2D eigenvalue weighted by atomic mass is 16.4. The van der Waals surface area contributed by atoms with Crippen LogP contribution in [0.25, 0.3) is 0 Å². The number of nitrogens with one attached hydrogen (secondary N) is 1. The van der Waals surface area contributed by atoms with Gasteiger partial charge in [-0.05, 0) is 19.9 Å². The van der Waals surface area contributed by atoms with Gasteiger partial charge in [0, 0.05) is 19.5 Å². The van der Waals surface area contributed by atoms with E-state index in [0.717, 1.165) is 5.69 Å². The zero-order valence-electron chi connectivity index (χ0n) is 9.97. The third-order valence-corrected chi connectivity index (χ3v) is 2.23. The van der Waals surface area contributed by atoms with Crippen LogP contribution in [0.1, 0.15) is 29.5 Å². The number of nitrogens with two attached hydrogens (primary N) is 1. The van der Waals surface area contributed by atoms with Crippen LogP contribution in [0.15, 0.2) is 11.2 Å². The molecule has 0 saturated heterocycles. The molecule has 7 heteroatoms. The smallest absolute Gasteiger partial charge is 0.269 e. The molecule has 0 aromatic carbocycles. The Morgan fingerprint density at radius 2 is 2.41 bits per heavy atom. The van der Waals surface area contributed by atoms with Gasteiger partial charge in [0.15, 0.2) is 0 Å². The van der Waals surface area contributed by atoms with Crippen LogP contribution >= 0.6 is 0 Å². The van der Waals surface area contributed by atoms with Crippen LogP contribution < -0.4 is 11.1 Å². The fourth-order valence-corrected chi connectivity index (χ4v) is 1.41. The van der Waals surface area contributed by atoms with E-state index in [1.807, 2.05) is 13.8 Å². The molecular formula is C10H17N5O2. The molecule has 0 atom stereocenters. The largest absolute Gasteiger partial charge is 0.409 e. The lowest BCUT2D eigenvalue weighted by atomic mass is 10.3. The molecule has 0 radical (unpaired) electrons. The summed E-state index contributed by atoms with van der Waals surface area (Å²) in [4.78, 5) is 11.8. The summed E-state index contributed by atoms with van der Waals surface area (Å²) in [5.74, 6) is -0.122. The number of amidine groups is 1. The number of nitrogens with zero attached hydrogens (tertiary/aromatic N) is 3. The lowest BCUT2D eigenvalue weighted by Gasteiger charge is -2.05. The second-order valence-electron chi connectivity index (χ2n) is 3.58. The van der Waals surface area contributed by atoms with Gasteiger partial charge >= 0.3 is 0 Å². The molecule has 1 aromatic heterocycles. The second kappa shape index (κ2) is 5.88. The van der Waals surface area contributed by atoms with Gasteiger partial charge in [-0.3, -0.25) is 9.48 Å². The van der Waals surface area contributed by atoms with Gasteiger partial charge in [0.25, 0.3) is 5.91 Å². The number of carbonyl (C=O) groups is 1.